The van der Waals surface area contributed by atoms with Crippen LogP contribution in [-0.2, 0) is 4.74 Å². The Balaban J connectivity index is 1.65. The first-order valence-electron chi connectivity index (χ1n) is 7.01. The van der Waals surface area contributed by atoms with Crippen molar-refractivity contribution in [3.8, 4) is 0 Å². The lowest BCUT2D eigenvalue weighted by Gasteiger charge is -2.20. The van der Waals surface area contributed by atoms with Crippen LogP contribution in [0.25, 0.3) is 5.78 Å². The van der Waals surface area contributed by atoms with Gasteiger partial charge >= 0.3 is 6.03 Å². The third-order valence-electron chi connectivity index (χ3n) is 3.50. The highest BCUT2D eigenvalue weighted by molar-refractivity contribution is 5.87. The first kappa shape index (κ1) is 14.7. The van der Waals surface area contributed by atoms with E-state index in [0.29, 0.717) is 18.8 Å². The van der Waals surface area contributed by atoms with Gasteiger partial charge in [-0.15, -0.1) is 5.10 Å². The topological polar surface area (TPSA) is 114 Å². The number of nitrogens with one attached hydrogen (secondary N) is 2. The summed E-state index contributed by atoms with van der Waals surface area (Å²) in [4.78, 5) is 20.3. The first-order valence-corrected chi connectivity index (χ1v) is 7.01. The number of amides is 2. The maximum absolute atomic E-state index is 11.9. The predicted octanol–water partition coefficient (Wildman–Crippen LogP) is 0.0140. The fourth-order valence-corrected chi connectivity index (χ4v) is 2.35. The summed E-state index contributed by atoms with van der Waals surface area (Å²) >= 11 is 0. The third kappa shape index (κ3) is 3.00. The van der Waals surface area contributed by atoms with E-state index in [2.05, 4.69) is 25.7 Å². The highest BCUT2D eigenvalue weighted by Crippen LogP contribution is 2.16. The minimum atomic E-state index is -1.00. The second-order valence-electron chi connectivity index (χ2n) is 5.52. The van der Waals surface area contributed by atoms with Crippen LogP contribution in [0.1, 0.15) is 17.8 Å². The number of fused-ring (bicyclic) bond motifs is 1. The van der Waals surface area contributed by atoms with E-state index in [1.165, 1.54) is 0 Å². The maximum atomic E-state index is 11.9. The minimum absolute atomic E-state index is 0.114. The van der Waals surface area contributed by atoms with Crippen LogP contribution in [0.3, 0.4) is 0 Å². The molecule has 1 aliphatic rings. The first-order chi connectivity index (χ1) is 10.5. The van der Waals surface area contributed by atoms with Gasteiger partial charge in [0.1, 0.15) is 5.60 Å². The number of rotatable bonds is 3. The SMILES string of the molecule is Cc1cc(C)n2nc(NC(=O)NCC3(O)CCOC3)nc2n1. The normalized spacial score (nSPS) is 21.2. The van der Waals surface area contributed by atoms with Crippen molar-refractivity contribution in [1.82, 2.24) is 24.9 Å². The molecule has 1 fully saturated rings. The fourth-order valence-electron chi connectivity index (χ4n) is 2.35. The van der Waals surface area contributed by atoms with Gasteiger partial charge in [-0.1, -0.05) is 0 Å². The summed E-state index contributed by atoms with van der Waals surface area (Å²) in [7, 11) is 0. The number of hydrogen-bond acceptors (Lipinski definition) is 6. The number of ether oxygens (including phenoxy) is 1. The lowest BCUT2D eigenvalue weighted by Crippen LogP contribution is -2.44. The lowest BCUT2D eigenvalue weighted by molar-refractivity contribution is 0.0295. The van der Waals surface area contributed by atoms with Crippen LogP contribution >= 0.6 is 0 Å². The number of aliphatic hydroxyl groups is 1. The van der Waals surface area contributed by atoms with Crippen LogP contribution in [0.4, 0.5) is 10.7 Å². The Hall–Kier alpha value is -2.26. The third-order valence-corrected chi connectivity index (χ3v) is 3.50. The van der Waals surface area contributed by atoms with Gasteiger partial charge in [0, 0.05) is 24.4 Å². The molecule has 0 radical (unpaired) electrons. The number of carbonyl (C=O) groups is 1. The fraction of sp³-hybridized carbons (Fsp3) is 0.538. The zero-order valence-electron chi connectivity index (χ0n) is 12.5. The Labute approximate surface area is 126 Å². The molecule has 0 bridgehead atoms. The molecule has 3 heterocycles. The molecule has 9 heteroatoms. The van der Waals surface area contributed by atoms with Gasteiger partial charge in [-0.2, -0.15) is 9.50 Å². The molecular formula is C13H18N6O3. The molecular weight excluding hydrogens is 288 g/mol. The molecule has 0 spiro atoms. The zero-order chi connectivity index (χ0) is 15.7. The van der Waals surface area contributed by atoms with E-state index >= 15 is 0 Å². The van der Waals surface area contributed by atoms with E-state index in [0.717, 1.165) is 11.4 Å². The van der Waals surface area contributed by atoms with Crippen molar-refractivity contribution in [1.29, 1.82) is 0 Å². The van der Waals surface area contributed by atoms with Gasteiger partial charge < -0.3 is 15.2 Å². The van der Waals surface area contributed by atoms with E-state index in [-0.39, 0.29) is 19.1 Å². The van der Waals surface area contributed by atoms with Crippen LogP contribution in [-0.4, -0.2) is 56.1 Å². The smallest absolute Gasteiger partial charge is 0.321 e. The van der Waals surface area contributed by atoms with Crippen molar-refractivity contribution in [2.75, 3.05) is 25.1 Å². The molecule has 1 aliphatic heterocycles. The molecule has 2 aromatic rings. The predicted molar refractivity (Wildman–Crippen MR) is 77.7 cm³/mol. The second kappa shape index (κ2) is 5.50. The Morgan fingerprint density at radius 2 is 2.32 bits per heavy atom. The largest absolute Gasteiger partial charge is 0.386 e. The summed E-state index contributed by atoms with van der Waals surface area (Å²) in [6.07, 6.45) is 0.502. The van der Waals surface area contributed by atoms with Crippen molar-refractivity contribution in [3.63, 3.8) is 0 Å². The molecule has 1 unspecified atom stereocenters. The Morgan fingerprint density at radius 3 is 3.05 bits per heavy atom. The second-order valence-corrected chi connectivity index (χ2v) is 5.52. The summed E-state index contributed by atoms with van der Waals surface area (Å²) in [5.41, 5.74) is 0.705. The molecule has 0 aromatic carbocycles. The van der Waals surface area contributed by atoms with Gasteiger partial charge in [0.2, 0.25) is 0 Å². The molecule has 2 amide bonds. The van der Waals surface area contributed by atoms with Gasteiger partial charge in [-0.25, -0.2) is 9.78 Å². The van der Waals surface area contributed by atoms with Crippen molar-refractivity contribution in [3.05, 3.63) is 17.5 Å². The Morgan fingerprint density at radius 1 is 1.50 bits per heavy atom. The maximum Gasteiger partial charge on any atom is 0.321 e. The number of anilines is 1. The number of urea groups is 1. The molecule has 0 saturated carbocycles. The number of hydrogen-bond donors (Lipinski definition) is 3. The molecule has 22 heavy (non-hydrogen) atoms. The van der Waals surface area contributed by atoms with Gasteiger partial charge in [0.15, 0.2) is 0 Å². The molecule has 2 aromatic heterocycles. The monoisotopic (exact) mass is 306 g/mol. The Kier molecular flexibility index (Phi) is 3.67. The summed E-state index contributed by atoms with van der Waals surface area (Å²) in [5, 5.41) is 19.4. The summed E-state index contributed by atoms with van der Waals surface area (Å²) in [5.74, 6) is 0.587. The van der Waals surface area contributed by atoms with Gasteiger partial charge in [-0.3, -0.25) is 5.32 Å². The van der Waals surface area contributed by atoms with Crippen LogP contribution < -0.4 is 10.6 Å². The number of aryl methyl sites for hydroxylation is 2. The quantitative estimate of drug-likeness (QED) is 0.736. The lowest BCUT2D eigenvalue weighted by atomic mass is 10.0. The van der Waals surface area contributed by atoms with E-state index < -0.39 is 11.6 Å². The molecule has 3 N–H and O–H groups in total. The van der Waals surface area contributed by atoms with Crippen molar-refractivity contribution >= 4 is 17.8 Å². The standard InChI is InChI=1S/C13H18N6O3/c1-8-5-9(2)19-11(15-8)16-10(18-19)17-12(20)14-6-13(21)3-4-22-7-13/h5,21H,3-4,6-7H2,1-2H3,(H2,14,17,18,20). The van der Waals surface area contributed by atoms with E-state index in [9.17, 15) is 9.90 Å². The summed E-state index contributed by atoms with van der Waals surface area (Å²) < 4.78 is 6.67. The average molecular weight is 306 g/mol. The molecule has 118 valence electrons. The van der Waals surface area contributed by atoms with Gasteiger partial charge in [0.25, 0.3) is 11.7 Å². The molecule has 3 rings (SSSR count). The average Bonchev–Trinajstić information content (AvgIpc) is 3.04. The van der Waals surface area contributed by atoms with Crippen LogP contribution in [0.15, 0.2) is 6.07 Å². The summed E-state index contributed by atoms with van der Waals surface area (Å²) in [6, 6.07) is 1.40. The zero-order valence-corrected chi connectivity index (χ0v) is 12.5. The highest BCUT2D eigenvalue weighted by atomic mass is 16.5. The number of carbonyl (C=O) groups excluding carboxylic acids is 1. The van der Waals surface area contributed by atoms with E-state index in [4.69, 9.17) is 4.74 Å². The molecule has 0 aliphatic carbocycles. The molecule has 1 saturated heterocycles. The van der Waals surface area contributed by atoms with E-state index in [1.54, 1.807) is 4.52 Å². The molecule has 1 atom stereocenters. The minimum Gasteiger partial charge on any atom is -0.386 e. The summed E-state index contributed by atoms with van der Waals surface area (Å²) in [6.45, 7) is 4.59. The molecule has 9 nitrogen and oxygen atoms in total. The van der Waals surface area contributed by atoms with Gasteiger partial charge in [-0.05, 0) is 19.9 Å². The van der Waals surface area contributed by atoms with E-state index in [1.807, 2.05) is 19.9 Å². The number of nitrogens with zero attached hydrogens (tertiary/aromatic N) is 4. The van der Waals surface area contributed by atoms with Crippen LogP contribution in [0, 0.1) is 13.8 Å². The number of aromatic nitrogens is 4. The highest BCUT2D eigenvalue weighted by Gasteiger charge is 2.32. The Bertz CT molecular complexity index is 707. The van der Waals surface area contributed by atoms with Gasteiger partial charge in [0.05, 0.1) is 13.2 Å². The van der Waals surface area contributed by atoms with Crippen molar-refractivity contribution in [2.24, 2.45) is 0 Å². The van der Waals surface area contributed by atoms with Crippen molar-refractivity contribution in [2.45, 2.75) is 25.9 Å². The van der Waals surface area contributed by atoms with Crippen LogP contribution in [0.2, 0.25) is 0 Å². The van der Waals surface area contributed by atoms with Crippen molar-refractivity contribution < 1.29 is 14.6 Å². The van der Waals surface area contributed by atoms with Crippen LogP contribution in [0.5, 0.6) is 0 Å².